The molecule has 0 bridgehead atoms. The lowest BCUT2D eigenvalue weighted by Gasteiger charge is -2.08. The summed E-state index contributed by atoms with van der Waals surface area (Å²) in [5.74, 6) is -2.65. The van der Waals surface area contributed by atoms with Gasteiger partial charge in [-0.1, -0.05) is 22.8 Å². The van der Waals surface area contributed by atoms with Crippen LogP contribution in [0, 0.1) is 5.82 Å². The monoisotopic (exact) mass is 337 g/mol. The van der Waals surface area contributed by atoms with Crippen molar-refractivity contribution in [3.63, 3.8) is 0 Å². The first-order chi connectivity index (χ1) is 10.2. The van der Waals surface area contributed by atoms with E-state index >= 15 is 0 Å². The van der Waals surface area contributed by atoms with Crippen molar-refractivity contribution >= 4 is 17.6 Å². The maximum absolute atomic E-state index is 13.5. The Balaban J connectivity index is 2.33. The summed E-state index contributed by atoms with van der Waals surface area (Å²) in [6.45, 7) is 0. The first-order valence-corrected chi connectivity index (χ1v) is 6.31. The first kappa shape index (κ1) is 16.3. The number of alkyl halides is 3. The minimum atomic E-state index is -4.81. The van der Waals surface area contributed by atoms with Gasteiger partial charge in [0.1, 0.15) is 16.5 Å². The molecule has 0 atom stereocenters. The van der Waals surface area contributed by atoms with Crippen molar-refractivity contribution in [3.8, 4) is 11.3 Å². The topological polar surface area (TPSA) is 63.3 Å². The Morgan fingerprint density at radius 2 is 2.05 bits per heavy atom. The van der Waals surface area contributed by atoms with Crippen LogP contribution in [0.15, 0.2) is 22.7 Å². The van der Waals surface area contributed by atoms with Crippen molar-refractivity contribution in [2.24, 2.45) is 0 Å². The van der Waals surface area contributed by atoms with Gasteiger partial charge in [0.05, 0.1) is 12.0 Å². The third kappa shape index (κ3) is 3.38. The van der Waals surface area contributed by atoms with Crippen LogP contribution in [0.3, 0.4) is 0 Å². The van der Waals surface area contributed by atoms with E-state index in [2.05, 4.69) is 5.16 Å². The minimum absolute atomic E-state index is 0.0131. The minimum Gasteiger partial charge on any atom is -0.481 e. The van der Waals surface area contributed by atoms with E-state index in [9.17, 15) is 22.4 Å². The van der Waals surface area contributed by atoms with Gasteiger partial charge in [-0.25, -0.2) is 4.39 Å². The predicted octanol–water partition coefficient (Wildman–Crippen LogP) is 4.17. The number of nitrogens with zero attached hydrogens (tertiary/aromatic N) is 1. The Bertz CT molecular complexity index is 712. The van der Waals surface area contributed by atoms with Crippen molar-refractivity contribution in [3.05, 3.63) is 40.3 Å². The Hall–Kier alpha value is -2.09. The van der Waals surface area contributed by atoms with Gasteiger partial charge in [0.2, 0.25) is 0 Å². The zero-order valence-electron chi connectivity index (χ0n) is 10.7. The fraction of sp³-hybridized carbons (Fsp3) is 0.231. The van der Waals surface area contributed by atoms with E-state index in [1.807, 2.05) is 0 Å². The molecule has 0 spiro atoms. The smallest absolute Gasteiger partial charge is 0.419 e. The molecule has 1 aromatic carbocycles. The van der Waals surface area contributed by atoms with Crippen LogP contribution in [-0.2, 0) is 17.4 Å². The summed E-state index contributed by atoms with van der Waals surface area (Å²) in [6, 6.07) is 2.20. The standard InChI is InChI=1S/C13H8ClF4NO3/c14-11-9(3-4-10(20)21)19-22-12(11)6-1-2-7(8(15)5-6)13(16,17)18/h1-2,5H,3-4H2,(H,20,21). The molecule has 0 saturated heterocycles. The number of carbonyl (C=O) groups is 1. The second kappa shape index (κ2) is 5.96. The van der Waals surface area contributed by atoms with Crippen LogP contribution >= 0.6 is 11.6 Å². The van der Waals surface area contributed by atoms with Crippen LogP contribution in [0.4, 0.5) is 17.6 Å². The van der Waals surface area contributed by atoms with Crippen LogP contribution in [-0.4, -0.2) is 16.2 Å². The number of aromatic nitrogens is 1. The first-order valence-electron chi connectivity index (χ1n) is 5.93. The third-order valence-corrected chi connectivity index (χ3v) is 3.20. The van der Waals surface area contributed by atoms with E-state index in [0.29, 0.717) is 12.1 Å². The van der Waals surface area contributed by atoms with Gasteiger partial charge < -0.3 is 9.63 Å². The summed E-state index contributed by atoms with van der Waals surface area (Å²) >= 11 is 5.93. The van der Waals surface area contributed by atoms with Gasteiger partial charge in [0, 0.05) is 12.0 Å². The van der Waals surface area contributed by atoms with Gasteiger partial charge in [-0.05, 0) is 12.1 Å². The molecule has 0 aliphatic heterocycles. The molecular weight excluding hydrogens is 330 g/mol. The second-order valence-corrected chi connectivity index (χ2v) is 4.74. The molecule has 0 saturated carbocycles. The summed E-state index contributed by atoms with van der Waals surface area (Å²) in [5, 5.41) is 12.1. The average Bonchev–Trinajstić information content (AvgIpc) is 2.76. The average molecular weight is 338 g/mol. The largest absolute Gasteiger partial charge is 0.481 e. The predicted molar refractivity (Wildman–Crippen MR) is 67.9 cm³/mol. The van der Waals surface area contributed by atoms with Gasteiger partial charge in [0.25, 0.3) is 0 Å². The molecular formula is C13H8ClF4NO3. The quantitative estimate of drug-likeness (QED) is 0.850. The van der Waals surface area contributed by atoms with Crippen LogP contribution in [0.2, 0.25) is 5.02 Å². The Morgan fingerprint density at radius 1 is 1.36 bits per heavy atom. The summed E-state index contributed by atoms with van der Waals surface area (Å²) in [6.07, 6.45) is -5.06. The number of halogens is 5. The molecule has 0 aliphatic rings. The lowest BCUT2D eigenvalue weighted by molar-refractivity contribution is -0.140. The molecule has 1 N–H and O–H groups in total. The van der Waals surface area contributed by atoms with E-state index in [4.69, 9.17) is 21.2 Å². The van der Waals surface area contributed by atoms with Crippen molar-refractivity contribution in [1.82, 2.24) is 5.16 Å². The van der Waals surface area contributed by atoms with E-state index in [1.54, 1.807) is 0 Å². The zero-order chi connectivity index (χ0) is 16.5. The molecule has 0 radical (unpaired) electrons. The highest BCUT2D eigenvalue weighted by Crippen LogP contribution is 2.36. The maximum Gasteiger partial charge on any atom is 0.419 e. The maximum atomic E-state index is 13.5. The van der Waals surface area contributed by atoms with Gasteiger partial charge in [-0.15, -0.1) is 0 Å². The zero-order valence-corrected chi connectivity index (χ0v) is 11.5. The molecule has 4 nitrogen and oxygen atoms in total. The summed E-state index contributed by atoms with van der Waals surface area (Å²) in [7, 11) is 0. The Labute approximate surface area is 126 Å². The number of benzene rings is 1. The summed E-state index contributed by atoms with van der Waals surface area (Å²) < 4.78 is 55.8. The highest BCUT2D eigenvalue weighted by atomic mass is 35.5. The molecule has 1 aromatic heterocycles. The molecule has 118 valence electrons. The molecule has 2 rings (SSSR count). The molecule has 0 fully saturated rings. The second-order valence-electron chi connectivity index (χ2n) is 4.36. The molecule has 0 amide bonds. The SMILES string of the molecule is O=C(O)CCc1noc(-c2ccc(C(F)(F)F)c(F)c2)c1Cl. The normalized spacial score (nSPS) is 11.7. The lowest BCUT2D eigenvalue weighted by Crippen LogP contribution is -2.07. The van der Waals surface area contributed by atoms with Gasteiger partial charge in [-0.3, -0.25) is 4.79 Å². The number of hydrogen-bond donors (Lipinski definition) is 1. The number of hydrogen-bond acceptors (Lipinski definition) is 3. The van der Waals surface area contributed by atoms with Crippen molar-refractivity contribution < 1.29 is 32.0 Å². The molecule has 2 aromatic rings. The van der Waals surface area contributed by atoms with Crippen LogP contribution in [0.1, 0.15) is 17.7 Å². The van der Waals surface area contributed by atoms with Crippen LogP contribution in [0.25, 0.3) is 11.3 Å². The fourth-order valence-electron chi connectivity index (χ4n) is 1.76. The van der Waals surface area contributed by atoms with Crippen LogP contribution in [0.5, 0.6) is 0 Å². The number of aliphatic carboxylic acids is 1. The Morgan fingerprint density at radius 3 is 2.59 bits per heavy atom. The van der Waals surface area contributed by atoms with E-state index in [-0.39, 0.29) is 34.9 Å². The molecule has 0 aliphatic carbocycles. The van der Waals surface area contributed by atoms with Crippen molar-refractivity contribution in [2.75, 3.05) is 0 Å². The van der Waals surface area contributed by atoms with E-state index in [0.717, 1.165) is 6.07 Å². The number of carboxylic acids is 1. The summed E-state index contributed by atoms with van der Waals surface area (Å²) in [5.41, 5.74) is -1.29. The fourth-order valence-corrected chi connectivity index (χ4v) is 2.03. The van der Waals surface area contributed by atoms with E-state index in [1.165, 1.54) is 0 Å². The van der Waals surface area contributed by atoms with E-state index < -0.39 is 23.5 Å². The van der Waals surface area contributed by atoms with Gasteiger partial charge >= 0.3 is 12.1 Å². The highest BCUT2D eigenvalue weighted by Gasteiger charge is 2.34. The summed E-state index contributed by atoms with van der Waals surface area (Å²) in [4.78, 5) is 10.5. The van der Waals surface area contributed by atoms with Crippen molar-refractivity contribution in [1.29, 1.82) is 0 Å². The molecule has 22 heavy (non-hydrogen) atoms. The highest BCUT2D eigenvalue weighted by molar-refractivity contribution is 6.33. The number of aryl methyl sites for hydroxylation is 1. The van der Waals surface area contributed by atoms with Gasteiger partial charge in [0.15, 0.2) is 5.76 Å². The number of carboxylic acid groups (broad SMARTS) is 1. The van der Waals surface area contributed by atoms with Crippen LogP contribution < -0.4 is 0 Å². The lowest BCUT2D eigenvalue weighted by atomic mass is 10.1. The third-order valence-electron chi connectivity index (χ3n) is 2.81. The van der Waals surface area contributed by atoms with Gasteiger partial charge in [-0.2, -0.15) is 13.2 Å². The Kier molecular flexibility index (Phi) is 4.41. The molecule has 0 unspecified atom stereocenters. The number of rotatable bonds is 4. The van der Waals surface area contributed by atoms with Crippen molar-refractivity contribution in [2.45, 2.75) is 19.0 Å². The molecule has 1 heterocycles. The molecule has 9 heteroatoms.